The van der Waals surface area contributed by atoms with Crippen LogP contribution in [0.4, 0.5) is 5.69 Å². The Balaban J connectivity index is 1.45. The van der Waals surface area contributed by atoms with Crippen molar-refractivity contribution in [3.05, 3.63) is 64.7 Å². The molecule has 1 aliphatic heterocycles. The highest BCUT2D eigenvalue weighted by Crippen LogP contribution is 2.17. The molecule has 0 bridgehead atoms. The molecular weight excluding hydrogens is 362 g/mol. The summed E-state index contributed by atoms with van der Waals surface area (Å²) in [6.07, 6.45) is 0.640. The molecule has 0 atom stereocenters. The number of aryl methyl sites for hydroxylation is 1. The van der Waals surface area contributed by atoms with E-state index in [1.165, 1.54) is 5.56 Å². The number of benzene rings is 2. The zero-order valence-corrected chi connectivity index (χ0v) is 16.2. The summed E-state index contributed by atoms with van der Waals surface area (Å²) in [4.78, 5) is 28.4. The maximum Gasteiger partial charge on any atom is 0.312 e. The number of piperazine rings is 1. The van der Waals surface area contributed by atoms with Gasteiger partial charge < -0.3 is 15.1 Å². The highest BCUT2D eigenvalue weighted by atomic mass is 35.5. The van der Waals surface area contributed by atoms with E-state index < -0.39 is 11.8 Å². The maximum absolute atomic E-state index is 12.4. The maximum atomic E-state index is 12.4. The number of halogens is 1. The molecule has 0 saturated carbocycles. The van der Waals surface area contributed by atoms with Crippen LogP contribution < -0.4 is 10.2 Å². The number of nitrogens with zero attached hydrogens (tertiary/aromatic N) is 2. The van der Waals surface area contributed by atoms with Crippen molar-refractivity contribution in [2.45, 2.75) is 13.3 Å². The Bertz CT molecular complexity index is 817. The van der Waals surface area contributed by atoms with E-state index in [1.54, 1.807) is 4.90 Å². The zero-order chi connectivity index (χ0) is 19.2. The highest BCUT2D eigenvalue weighted by molar-refractivity contribution is 6.35. The number of carbonyl (C=O) groups is 2. The van der Waals surface area contributed by atoms with Gasteiger partial charge in [-0.15, -0.1) is 0 Å². The quantitative estimate of drug-likeness (QED) is 0.823. The average Bonchev–Trinajstić information content (AvgIpc) is 2.67. The predicted molar refractivity (Wildman–Crippen MR) is 108 cm³/mol. The first-order valence-electron chi connectivity index (χ1n) is 9.16. The van der Waals surface area contributed by atoms with Crippen LogP contribution in [0.3, 0.4) is 0 Å². The molecule has 5 nitrogen and oxygen atoms in total. The van der Waals surface area contributed by atoms with E-state index in [4.69, 9.17) is 11.6 Å². The summed E-state index contributed by atoms with van der Waals surface area (Å²) in [6, 6.07) is 15.8. The lowest BCUT2D eigenvalue weighted by molar-refractivity contribution is -0.146. The summed E-state index contributed by atoms with van der Waals surface area (Å²) >= 11 is 5.95. The lowest BCUT2D eigenvalue weighted by Crippen LogP contribution is -2.52. The van der Waals surface area contributed by atoms with Gasteiger partial charge in [0.05, 0.1) is 0 Å². The monoisotopic (exact) mass is 385 g/mol. The van der Waals surface area contributed by atoms with Gasteiger partial charge >= 0.3 is 11.8 Å². The van der Waals surface area contributed by atoms with Gasteiger partial charge in [0.25, 0.3) is 0 Å². The molecule has 0 spiro atoms. The van der Waals surface area contributed by atoms with Crippen molar-refractivity contribution in [2.24, 2.45) is 0 Å². The van der Waals surface area contributed by atoms with Gasteiger partial charge in [-0.2, -0.15) is 0 Å². The van der Waals surface area contributed by atoms with Crippen molar-refractivity contribution >= 4 is 29.1 Å². The van der Waals surface area contributed by atoms with Crippen LogP contribution in [-0.2, 0) is 16.0 Å². The average molecular weight is 386 g/mol. The number of rotatable bonds is 4. The number of anilines is 1. The Labute approximate surface area is 164 Å². The van der Waals surface area contributed by atoms with Crippen LogP contribution in [0.15, 0.2) is 48.5 Å². The molecule has 1 fully saturated rings. The number of hydrogen-bond donors (Lipinski definition) is 1. The van der Waals surface area contributed by atoms with Crippen molar-refractivity contribution < 1.29 is 9.59 Å². The first-order chi connectivity index (χ1) is 13.0. The summed E-state index contributed by atoms with van der Waals surface area (Å²) in [5.41, 5.74) is 3.40. The second-order valence-corrected chi connectivity index (χ2v) is 7.19. The molecule has 0 aromatic heterocycles. The molecule has 2 aromatic carbocycles. The predicted octanol–water partition coefficient (Wildman–Crippen LogP) is 2.66. The molecule has 6 heteroatoms. The van der Waals surface area contributed by atoms with Gasteiger partial charge in [0, 0.05) is 43.4 Å². The Hall–Kier alpha value is -2.53. The van der Waals surface area contributed by atoms with E-state index in [-0.39, 0.29) is 0 Å². The van der Waals surface area contributed by atoms with Crippen molar-refractivity contribution in [1.82, 2.24) is 10.2 Å². The second kappa shape index (κ2) is 8.91. The third-order valence-electron chi connectivity index (χ3n) is 4.72. The Morgan fingerprint density at radius 3 is 2.48 bits per heavy atom. The molecule has 142 valence electrons. The molecule has 0 radical (unpaired) electrons. The van der Waals surface area contributed by atoms with Gasteiger partial charge in [-0.1, -0.05) is 35.9 Å². The molecule has 27 heavy (non-hydrogen) atoms. The molecule has 3 rings (SSSR count). The fraction of sp³-hybridized carbons (Fsp3) is 0.333. The molecule has 1 N–H and O–H groups in total. The van der Waals surface area contributed by atoms with Crippen LogP contribution in [0.2, 0.25) is 5.02 Å². The van der Waals surface area contributed by atoms with E-state index in [1.807, 2.05) is 30.3 Å². The Morgan fingerprint density at radius 2 is 1.78 bits per heavy atom. The number of amides is 2. The summed E-state index contributed by atoms with van der Waals surface area (Å²) in [6.45, 7) is 5.03. The normalized spacial score (nSPS) is 14.1. The summed E-state index contributed by atoms with van der Waals surface area (Å²) < 4.78 is 0. The van der Waals surface area contributed by atoms with Crippen LogP contribution in [-0.4, -0.2) is 49.4 Å². The highest BCUT2D eigenvalue weighted by Gasteiger charge is 2.25. The van der Waals surface area contributed by atoms with Crippen LogP contribution in [0.25, 0.3) is 0 Å². The van der Waals surface area contributed by atoms with Crippen LogP contribution >= 0.6 is 11.6 Å². The summed E-state index contributed by atoms with van der Waals surface area (Å²) in [5.74, 6) is -0.994. The van der Waals surface area contributed by atoms with Crippen LogP contribution in [0, 0.1) is 6.92 Å². The van der Waals surface area contributed by atoms with Crippen molar-refractivity contribution in [1.29, 1.82) is 0 Å². The van der Waals surface area contributed by atoms with Crippen molar-refractivity contribution in [3.8, 4) is 0 Å². The molecule has 1 saturated heterocycles. The molecule has 2 amide bonds. The molecular formula is C21H24ClN3O2. The van der Waals surface area contributed by atoms with Gasteiger partial charge in [-0.25, -0.2) is 0 Å². The summed E-state index contributed by atoms with van der Waals surface area (Å²) in [5, 5.41) is 3.38. The van der Waals surface area contributed by atoms with Gasteiger partial charge in [0.1, 0.15) is 0 Å². The SMILES string of the molecule is Cc1cccc(N2CCN(C(=O)C(=O)NCCc3cccc(Cl)c3)CC2)c1. The van der Waals surface area contributed by atoms with E-state index >= 15 is 0 Å². The number of hydrogen-bond acceptors (Lipinski definition) is 3. The minimum atomic E-state index is -0.541. The van der Waals surface area contributed by atoms with E-state index in [0.29, 0.717) is 31.1 Å². The van der Waals surface area contributed by atoms with Gasteiger partial charge in [0.2, 0.25) is 0 Å². The minimum absolute atomic E-state index is 0.411. The largest absolute Gasteiger partial charge is 0.368 e. The topological polar surface area (TPSA) is 52.7 Å². The third kappa shape index (κ3) is 5.23. The molecule has 2 aromatic rings. The van der Waals surface area contributed by atoms with E-state index in [2.05, 4.69) is 35.3 Å². The van der Waals surface area contributed by atoms with E-state index in [0.717, 1.165) is 24.3 Å². The smallest absolute Gasteiger partial charge is 0.312 e. The lowest BCUT2D eigenvalue weighted by atomic mass is 10.1. The molecule has 0 aliphatic carbocycles. The van der Waals surface area contributed by atoms with Crippen molar-refractivity contribution in [3.63, 3.8) is 0 Å². The zero-order valence-electron chi connectivity index (χ0n) is 15.5. The Morgan fingerprint density at radius 1 is 1.04 bits per heavy atom. The number of carbonyl (C=O) groups excluding carboxylic acids is 2. The minimum Gasteiger partial charge on any atom is -0.368 e. The first kappa shape index (κ1) is 19.2. The van der Waals surface area contributed by atoms with Crippen LogP contribution in [0.1, 0.15) is 11.1 Å². The lowest BCUT2D eigenvalue weighted by Gasteiger charge is -2.35. The second-order valence-electron chi connectivity index (χ2n) is 6.75. The van der Waals surface area contributed by atoms with E-state index in [9.17, 15) is 9.59 Å². The third-order valence-corrected chi connectivity index (χ3v) is 4.95. The van der Waals surface area contributed by atoms with Gasteiger partial charge in [-0.3, -0.25) is 9.59 Å². The summed E-state index contributed by atoms with van der Waals surface area (Å²) in [7, 11) is 0. The number of nitrogens with one attached hydrogen (secondary N) is 1. The first-order valence-corrected chi connectivity index (χ1v) is 9.54. The molecule has 0 unspecified atom stereocenters. The fourth-order valence-electron chi connectivity index (χ4n) is 3.22. The van der Waals surface area contributed by atoms with Gasteiger partial charge in [-0.05, 0) is 48.7 Å². The Kier molecular flexibility index (Phi) is 6.35. The van der Waals surface area contributed by atoms with Crippen molar-refractivity contribution in [2.75, 3.05) is 37.6 Å². The fourth-order valence-corrected chi connectivity index (χ4v) is 3.44. The van der Waals surface area contributed by atoms with Gasteiger partial charge in [0.15, 0.2) is 0 Å². The molecule has 1 heterocycles. The standard InChI is InChI=1S/C21H24ClN3O2/c1-16-4-2-7-19(14-16)24-10-12-25(13-11-24)21(27)20(26)23-9-8-17-5-3-6-18(22)15-17/h2-7,14-15H,8-13H2,1H3,(H,23,26). The van der Waals surface area contributed by atoms with Crippen LogP contribution in [0.5, 0.6) is 0 Å². The molecule has 1 aliphatic rings.